The molecule has 2 rings (SSSR count). The average molecular weight is 362 g/mol. The van der Waals surface area contributed by atoms with Crippen LogP contribution in [0, 0.1) is 0 Å². The molecule has 18 heavy (non-hydrogen) atoms. The van der Waals surface area contributed by atoms with E-state index in [9.17, 15) is 0 Å². The Hall–Kier alpha value is -1.12. The van der Waals surface area contributed by atoms with Crippen molar-refractivity contribution in [3.8, 4) is 0 Å². The van der Waals surface area contributed by atoms with Gasteiger partial charge in [0.2, 0.25) is 0 Å². The zero-order chi connectivity index (χ0) is 12.1. The van der Waals surface area contributed by atoms with Gasteiger partial charge in [-0.15, -0.1) is 35.7 Å². The Morgan fingerprint density at radius 1 is 1.67 bits per heavy atom. The fraction of sp³-hybridized carbons (Fsp3) is 0.545. The normalized spacial score (nSPS) is 15.7. The van der Waals surface area contributed by atoms with E-state index in [4.69, 9.17) is 5.73 Å². The lowest BCUT2D eigenvalue weighted by Gasteiger charge is -2.26. The largest absolute Gasteiger partial charge is 0.370 e. The van der Waals surface area contributed by atoms with E-state index in [-0.39, 0.29) is 24.0 Å². The third-order valence-corrected chi connectivity index (χ3v) is 2.77. The number of halogens is 1. The predicted molar refractivity (Wildman–Crippen MR) is 81.7 cm³/mol. The molecule has 1 aliphatic rings. The number of hydrogen-bond donors (Lipinski definition) is 2. The van der Waals surface area contributed by atoms with E-state index in [1.165, 1.54) is 19.3 Å². The van der Waals surface area contributed by atoms with Gasteiger partial charge in [-0.05, 0) is 19.3 Å². The van der Waals surface area contributed by atoms with Gasteiger partial charge in [-0.2, -0.15) is 0 Å². The van der Waals surface area contributed by atoms with Crippen molar-refractivity contribution in [3.63, 3.8) is 0 Å². The Balaban J connectivity index is 0.00000162. The topological polar surface area (TPSA) is 81.1 Å². The van der Waals surface area contributed by atoms with Crippen LogP contribution in [0.4, 0.5) is 0 Å². The molecule has 100 valence electrons. The molecule has 3 N–H and O–H groups in total. The molecule has 7 heteroatoms. The van der Waals surface area contributed by atoms with Crippen LogP contribution in [-0.4, -0.2) is 27.0 Å². The van der Waals surface area contributed by atoms with Crippen molar-refractivity contribution < 1.29 is 0 Å². The van der Waals surface area contributed by atoms with Gasteiger partial charge in [0.05, 0.1) is 19.3 Å². The lowest BCUT2D eigenvalue weighted by atomic mass is 9.93. The van der Waals surface area contributed by atoms with Crippen LogP contribution in [0.2, 0.25) is 0 Å². The number of nitrogens with one attached hydrogen (secondary N) is 1. The Morgan fingerprint density at radius 3 is 3.06 bits per heavy atom. The molecule has 0 atom stereocenters. The minimum absolute atomic E-state index is 0. The molecule has 0 aliphatic heterocycles. The number of rotatable bonds is 5. The van der Waals surface area contributed by atoms with Crippen LogP contribution >= 0.6 is 24.0 Å². The summed E-state index contributed by atoms with van der Waals surface area (Å²) in [5.41, 5.74) is 6.58. The first-order valence-corrected chi connectivity index (χ1v) is 5.84. The Bertz CT molecular complexity index is 409. The van der Waals surface area contributed by atoms with E-state index in [0.717, 1.165) is 5.69 Å². The number of guanidine groups is 1. The van der Waals surface area contributed by atoms with Crippen LogP contribution in [0.1, 0.15) is 25.0 Å². The van der Waals surface area contributed by atoms with Crippen LogP contribution in [-0.2, 0) is 13.1 Å². The van der Waals surface area contributed by atoms with Crippen LogP contribution in [0.25, 0.3) is 0 Å². The molecule has 6 nitrogen and oxygen atoms in total. The summed E-state index contributed by atoms with van der Waals surface area (Å²) in [5, 5.41) is 11.1. The second kappa shape index (κ2) is 7.34. The minimum Gasteiger partial charge on any atom is -0.370 e. The molecule has 1 heterocycles. The molecular formula is C11H19IN6. The van der Waals surface area contributed by atoms with Crippen LogP contribution in [0.15, 0.2) is 23.8 Å². The summed E-state index contributed by atoms with van der Waals surface area (Å²) in [6, 6.07) is 0.509. The van der Waals surface area contributed by atoms with Gasteiger partial charge in [-0.3, -0.25) is 0 Å². The van der Waals surface area contributed by atoms with Crippen molar-refractivity contribution in [2.45, 2.75) is 38.4 Å². The summed E-state index contributed by atoms with van der Waals surface area (Å²) in [6.07, 6.45) is 7.27. The summed E-state index contributed by atoms with van der Waals surface area (Å²) < 4.78 is 1.72. The average Bonchev–Trinajstić information content (AvgIpc) is 2.69. The van der Waals surface area contributed by atoms with E-state index >= 15 is 0 Å². The molecule has 0 saturated heterocycles. The Labute approximate surface area is 124 Å². The fourth-order valence-electron chi connectivity index (χ4n) is 1.61. The first-order valence-electron chi connectivity index (χ1n) is 5.84. The van der Waals surface area contributed by atoms with E-state index in [2.05, 4.69) is 27.2 Å². The molecule has 1 aromatic rings. The molecule has 0 aromatic carbocycles. The first kappa shape index (κ1) is 14.9. The van der Waals surface area contributed by atoms with Crippen molar-refractivity contribution in [2.24, 2.45) is 10.7 Å². The maximum absolute atomic E-state index is 5.77. The van der Waals surface area contributed by atoms with E-state index < -0.39 is 0 Å². The Kier molecular flexibility index (Phi) is 6.10. The monoisotopic (exact) mass is 362 g/mol. The highest BCUT2D eigenvalue weighted by Gasteiger charge is 2.17. The van der Waals surface area contributed by atoms with Gasteiger partial charge >= 0.3 is 0 Å². The smallest absolute Gasteiger partial charge is 0.189 e. The zero-order valence-corrected chi connectivity index (χ0v) is 12.6. The number of nitrogens with zero attached hydrogens (tertiary/aromatic N) is 4. The van der Waals surface area contributed by atoms with Gasteiger partial charge < -0.3 is 11.1 Å². The molecule has 1 fully saturated rings. The number of allylic oxidation sites excluding steroid dienone is 1. The molecule has 1 aliphatic carbocycles. The summed E-state index contributed by atoms with van der Waals surface area (Å²) in [7, 11) is 0. The van der Waals surface area contributed by atoms with Gasteiger partial charge in [-0.1, -0.05) is 11.3 Å². The second-order valence-corrected chi connectivity index (χ2v) is 4.19. The van der Waals surface area contributed by atoms with Crippen LogP contribution in [0.5, 0.6) is 0 Å². The van der Waals surface area contributed by atoms with Crippen LogP contribution in [0.3, 0.4) is 0 Å². The second-order valence-electron chi connectivity index (χ2n) is 4.19. The van der Waals surface area contributed by atoms with Gasteiger partial charge in [0.15, 0.2) is 5.96 Å². The van der Waals surface area contributed by atoms with Crippen molar-refractivity contribution in [2.75, 3.05) is 0 Å². The lowest BCUT2D eigenvalue weighted by molar-refractivity contribution is 0.382. The van der Waals surface area contributed by atoms with Crippen LogP contribution < -0.4 is 11.1 Å². The number of hydrogen-bond acceptors (Lipinski definition) is 3. The summed E-state index contributed by atoms with van der Waals surface area (Å²) in [6.45, 7) is 4.76. The lowest BCUT2D eigenvalue weighted by Crippen LogP contribution is -2.43. The number of aliphatic imine (C=N–C) groups is 1. The first-order chi connectivity index (χ1) is 8.28. The van der Waals surface area contributed by atoms with Gasteiger partial charge in [0, 0.05) is 6.04 Å². The van der Waals surface area contributed by atoms with E-state index in [1.54, 1.807) is 10.8 Å². The molecule has 0 unspecified atom stereocenters. The summed E-state index contributed by atoms with van der Waals surface area (Å²) >= 11 is 0. The SMILES string of the molecule is C=CCn1cc(CN=C(N)NC2CCC2)nn1.I. The highest BCUT2D eigenvalue weighted by molar-refractivity contribution is 14.0. The highest BCUT2D eigenvalue weighted by atomic mass is 127. The predicted octanol–water partition coefficient (Wildman–Crippen LogP) is 1.04. The molecule has 1 saturated carbocycles. The standard InChI is InChI=1S/C11H18N6.HI/c1-2-6-17-8-10(15-16-17)7-13-11(12)14-9-4-3-5-9;/h2,8-9H,1,3-7H2,(H3,12,13,14);1H. The third-order valence-electron chi connectivity index (χ3n) is 2.77. The molecular weight excluding hydrogens is 343 g/mol. The van der Waals surface area contributed by atoms with E-state index in [1.807, 2.05) is 6.20 Å². The maximum Gasteiger partial charge on any atom is 0.189 e. The van der Waals surface area contributed by atoms with Crippen molar-refractivity contribution in [1.29, 1.82) is 0 Å². The molecule has 1 aromatic heterocycles. The molecule has 0 amide bonds. The zero-order valence-electron chi connectivity index (χ0n) is 10.2. The number of aromatic nitrogens is 3. The molecule has 0 bridgehead atoms. The summed E-state index contributed by atoms with van der Waals surface area (Å²) in [4.78, 5) is 4.23. The van der Waals surface area contributed by atoms with Crippen molar-refractivity contribution in [3.05, 3.63) is 24.5 Å². The highest BCUT2D eigenvalue weighted by Crippen LogP contribution is 2.17. The fourth-order valence-corrected chi connectivity index (χ4v) is 1.61. The molecule has 0 radical (unpaired) electrons. The van der Waals surface area contributed by atoms with E-state index in [0.29, 0.717) is 25.1 Å². The minimum atomic E-state index is 0. The third kappa shape index (κ3) is 4.28. The van der Waals surface area contributed by atoms with Gasteiger partial charge in [0.1, 0.15) is 5.69 Å². The number of nitrogens with two attached hydrogens (primary N) is 1. The maximum atomic E-state index is 5.77. The molecule has 0 spiro atoms. The quantitative estimate of drug-likeness (QED) is 0.355. The summed E-state index contributed by atoms with van der Waals surface area (Å²) in [5.74, 6) is 0.493. The van der Waals surface area contributed by atoms with Gasteiger partial charge in [-0.25, -0.2) is 9.67 Å². The van der Waals surface area contributed by atoms with Crippen molar-refractivity contribution in [1.82, 2.24) is 20.3 Å². The Morgan fingerprint density at radius 2 is 2.44 bits per heavy atom. The van der Waals surface area contributed by atoms with Crippen molar-refractivity contribution >= 4 is 29.9 Å². The van der Waals surface area contributed by atoms with Gasteiger partial charge in [0.25, 0.3) is 0 Å².